The summed E-state index contributed by atoms with van der Waals surface area (Å²) >= 11 is 0. The molecule has 4 fully saturated rings. The van der Waals surface area contributed by atoms with Crippen LogP contribution in [0.15, 0.2) is 18.2 Å². The van der Waals surface area contributed by atoms with Gasteiger partial charge in [-0.3, -0.25) is 9.69 Å². The Kier molecular flexibility index (Phi) is 8.59. The van der Waals surface area contributed by atoms with E-state index in [0.717, 1.165) is 74.8 Å². The highest BCUT2D eigenvalue weighted by atomic mass is 32.2. The van der Waals surface area contributed by atoms with Crippen molar-refractivity contribution in [2.75, 3.05) is 34.4 Å². The van der Waals surface area contributed by atoms with Crippen molar-refractivity contribution in [3.05, 3.63) is 23.8 Å². The molecule has 9 nitrogen and oxygen atoms in total. The van der Waals surface area contributed by atoms with Crippen LogP contribution in [0.3, 0.4) is 0 Å². The van der Waals surface area contributed by atoms with E-state index in [9.17, 15) is 18.0 Å². The zero-order chi connectivity index (χ0) is 29.5. The molecule has 2 aliphatic carbocycles. The molecule has 3 heterocycles. The SMILES string of the molecule is CC(=O)N1c2ccc(C3CN(C4CS(=O)(=O)C4)NC34CCCCCCCC4)cc2N(C(=O)OC2CCCCC2)C[C@@H]1C. The van der Waals surface area contributed by atoms with Gasteiger partial charge in [0.2, 0.25) is 5.91 Å². The molecule has 1 N–H and O–H groups in total. The van der Waals surface area contributed by atoms with Crippen molar-refractivity contribution in [2.45, 2.75) is 127 Å². The third-order valence-electron chi connectivity index (χ3n) is 10.5. The number of anilines is 2. The molecule has 1 aromatic carbocycles. The van der Waals surface area contributed by atoms with Crippen LogP contribution in [-0.2, 0) is 19.4 Å². The number of carbonyl (C=O) groups is 2. The Morgan fingerprint density at radius 1 is 0.905 bits per heavy atom. The number of nitrogens with one attached hydrogen (secondary N) is 1. The molecule has 232 valence electrons. The minimum atomic E-state index is -2.95. The lowest BCUT2D eigenvalue weighted by Crippen LogP contribution is -2.58. The van der Waals surface area contributed by atoms with Crippen LogP contribution in [-0.4, -0.2) is 73.7 Å². The zero-order valence-corrected chi connectivity index (χ0v) is 26.2. The molecule has 2 amide bonds. The number of hydrogen-bond acceptors (Lipinski definition) is 7. The molecule has 0 bridgehead atoms. The standard InChI is InChI=1S/C32H48N4O5S/c1-23-19-34(31(38)41-27-12-8-7-9-13-27)30-18-25(14-15-29(30)36(23)24(2)37)28-20-35(26-21-42(39,40)22-26)33-32(28)16-10-5-3-4-6-11-17-32/h14-15,18,23,26-28,33H,3-13,16-17,19-22H2,1-2H3/t23-,28?/m0/s1. The number of ether oxygens (including phenoxy) is 1. The maximum atomic E-state index is 13.7. The Hall–Kier alpha value is -2.17. The summed E-state index contributed by atoms with van der Waals surface area (Å²) in [7, 11) is -2.95. The molecule has 2 atom stereocenters. The van der Waals surface area contributed by atoms with E-state index in [1.807, 2.05) is 13.0 Å². The van der Waals surface area contributed by atoms with Gasteiger partial charge in [-0.1, -0.05) is 51.0 Å². The highest BCUT2D eigenvalue weighted by Gasteiger charge is 2.51. The van der Waals surface area contributed by atoms with Crippen molar-refractivity contribution in [1.29, 1.82) is 0 Å². The van der Waals surface area contributed by atoms with E-state index < -0.39 is 9.84 Å². The molecule has 3 aliphatic heterocycles. The van der Waals surface area contributed by atoms with Gasteiger partial charge in [0.05, 0.1) is 35.0 Å². The molecule has 42 heavy (non-hydrogen) atoms. The second-order valence-electron chi connectivity index (χ2n) is 13.6. The molecular weight excluding hydrogens is 552 g/mol. The van der Waals surface area contributed by atoms with Crippen LogP contribution in [0.1, 0.15) is 109 Å². The molecule has 2 saturated carbocycles. The first-order chi connectivity index (χ1) is 20.2. The first-order valence-corrected chi connectivity index (χ1v) is 18.1. The Morgan fingerprint density at radius 3 is 2.19 bits per heavy atom. The number of nitrogens with zero attached hydrogens (tertiary/aromatic N) is 3. The van der Waals surface area contributed by atoms with Gasteiger partial charge in [0.15, 0.2) is 9.84 Å². The molecule has 1 spiro atoms. The van der Waals surface area contributed by atoms with Crippen LogP contribution in [0.4, 0.5) is 16.2 Å². The Morgan fingerprint density at radius 2 is 1.55 bits per heavy atom. The second kappa shape index (κ2) is 12.1. The van der Waals surface area contributed by atoms with Gasteiger partial charge in [0, 0.05) is 31.5 Å². The van der Waals surface area contributed by atoms with Gasteiger partial charge in [-0.25, -0.2) is 23.6 Å². The maximum absolute atomic E-state index is 13.7. The fourth-order valence-electron chi connectivity index (χ4n) is 8.24. The third kappa shape index (κ3) is 5.95. The summed E-state index contributed by atoms with van der Waals surface area (Å²) < 4.78 is 30.2. The average molecular weight is 601 g/mol. The minimum Gasteiger partial charge on any atom is -0.446 e. The Bertz CT molecular complexity index is 1260. The van der Waals surface area contributed by atoms with Gasteiger partial charge >= 0.3 is 6.09 Å². The summed E-state index contributed by atoms with van der Waals surface area (Å²) in [5.41, 5.74) is 6.36. The van der Waals surface area contributed by atoms with E-state index in [4.69, 9.17) is 4.74 Å². The highest BCUT2D eigenvalue weighted by molar-refractivity contribution is 7.92. The predicted molar refractivity (Wildman–Crippen MR) is 164 cm³/mol. The smallest absolute Gasteiger partial charge is 0.414 e. The molecular formula is C32H48N4O5S. The number of hydrogen-bond donors (Lipinski definition) is 1. The number of sulfone groups is 1. The summed E-state index contributed by atoms with van der Waals surface area (Å²) in [4.78, 5) is 30.0. The van der Waals surface area contributed by atoms with Crippen LogP contribution in [0, 0.1) is 0 Å². The van der Waals surface area contributed by atoms with Crippen molar-refractivity contribution >= 4 is 33.2 Å². The molecule has 1 aromatic rings. The van der Waals surface area contributed by atoms with Crippen LogP contribution in [0.2, 0.25) is 0 Å². The monoisotopic (exact) mass is 600 g/mol. The van der Waals surface area contributed by atoms with E-state index in [0.29, 0.717) is 6.54 Å². The minimum absolute atomic E-state index is 0.00171. The lowest BCUT2D eigenvalue weighted by atomic mass is 9.74. The van der Waals surface area contributed by atoms with Gasteiger partial charge in [0.1, 0.15) is 6.10 Å². The number of benzene rings is 1. The summed E-state index contributed by atoms with van der Waals surface area (Å²) in [5, 5.41) is 2.21. The number of carbonyl (C=O) groups excluding carboxylic acids is 2. The van der Waals surface area contributed by atoms with Gasteiger partial charge < -0.3 is 9.64 Å². The topological polar surface area (TPSA) is 99.3 Å². The van der Waals surface area contributed by atoms with E-state index in [2.05, 4.69) is 22.6 Å². The number of fused-ring (bicyclic) bond motifs is 1. The average Bonchev–Trinajstić information content (AvgIpc) is 3.36. The zero-order valence-electron chi connectivity index (χ0n) is 25.4. The van der Waals surface area contributed by atoms with Crippen LogP contribution < -0.4 is 15.2 Å². The van der Waals surface area contributed by atoms with Crippen molar-refractivity contribution in [3.8, 4) is 0 Å². The first-order valence-electron chi connectivity index (χ1n) is 16.3. The van der Waals surface area contributed by atoms with E-state index in [-0.39, 0.29) is 53.2 Å². The van der Waals surface area contributed by atoms with Crippen LogP contribution in [0.5, 0.6) is 0 Å². The van der Waals surface area contributed by atoms with Crippen LogP contribution >= 0.6 is 0 Å². The molecule has 6 rings (SSSR count). The third-order valence-corrected chi connectivity index (χ3v) is 12.2. The number of amides is 2. The second-order valence-corrected chi connectivity index (χ2v) is 15.7. The molecule has 5 aliphatic rings. The molecule has 1 unspecified atom stereocenters. The Balaban J connectivity index is 1.35. The largest absolute Gasteiger partial charge is 0.446 e. The van der Waals surface area contributed by atoms with Gasteiger partial charge in [-0.05, 0) is 63.1 Å². The molecule has 0 radical (unpaired) electrons. The lowest BCUT2D eigenvalue weighted by molar-refractivity contribution is -0.117. The molecule has 0 aromatic heterocycles. The molecule has 10 heteroatoms. The summed E-state index contributed by atoms with van der Waals surface area (Å²) in [6.45, 7) is 4.69. The van der Waals surface area contributed by atoms with Crippen molar-refractivity contribution < 1.29 is 22.7 Å². The molecule has 2 saturated heterocycles. The highest BCUT2D eigenvalue weighted by Crippen LogP contribution is 2.47. The summed E-state index contributed by atoms with van der Waals surface area (Å²) in [5.74, 6) is 0.522. The van der Waals surface area contributed by atoms with Crippen molar-refractivity contribution in [3.63, 3.8) is 0 Å². The fraction of sp³-hybridized carbons (Fsp3) is 0.750. The summed E-state index contributed by atoms with van der Waals surface area (Å²) in [6, 6.07) is 6.12. The van der Waals surface area contributed by atoms with Gasteiger partial charge in [0.25, 0.3) is 0 Å². The quantitative estimate of drug-likeness (QED) is 0.503. The van der Waals surface area contributed by atoms with Crippen LogP contribution in [0.25, 0.3) is 0 Å². The van der Waals surface area contributed by atoms with Crippen molar-refractivity contribution in [2.24, 2.45) is 0 Å². The lowest BCUT2D eigenvalue weighted by Gasteiger charge is -2.42. The van der Waals surface area contributed by atoms with Gasteiger partial charge in [-0.2, -0.15) is 0 Å². The van der Waals surface area contributed by atoms with E-state index in [1.54, 1.807) is 16.7 Å². The number of rotatable bonds is 3. The Labute approximate surface area is 251 Å². The predicted octanol–water partition coefficient (Wildman–Crippen LogP) is 5.29. The first kappa shape index (κ1) is 29.9. The van der Waals surface area contributed by atoms with Gasteiger partial charge in [-0.15, -0.1) is 0 Å². The maximum Gasteiger partial charge on any atom is 0.414 e. The fourth-order valence-corrected chi connectivity index (χ4v) is 9.67. The normalized spacial score (nSPS) is 28.8. The number of hydrazine groups is 1. The van der Waals surface area contributed by atoms with Crippen molar-refractivity contribution in [1.82, 2.24) is 10.4 Å². The van der Waals surface area contributed by atoms with E-state index >= 15 is 0 Å². The van der Waals surface area contributed by atoms with E-state index in [1.165, 1.54) is 32.1 Å². The summed E-state index contributed by atoms with van der Waals surface area (Å²) in [6.07, 6.45) is 14.1.